The summed E-state index contributed by atoms with van der Waals surface area (Å²) in [4.78, 5) is 2.73. The molecule has 2 fully saturated rings. The van der Waals surface area contributed by atoms with Crippen LogP contribution in [0.5, 0.6) is 0 Å². The third-order valence-corrected chi connectivity index (χ3v) is 5.91. The Hall–Kier alpha value is -1.64. The van der Waals surface area contributed by atoms with Crippen molar-refractivity contribution >= 4 is 5.69 Å². The molecule has 0 N–H and O–H groups in total. The van der Waals surface area contributed by atoms with Gasteiger partial charge in [-0.3, -0.25) is 9.38 Å². The van der Waals surface area contributed by atoms with Crippen molar-refractivity contribution in [2.24, 2.45) is 0 Å². The normalized spacial score (nSPS) is 26.9. The smallest absolute Gasteiger partial charge is 0.135 e. The predicted octanol–water partition coefficient (Wildman–Crippen LogP) is 3.80. The van der Waals surface area contributed by atoms with Crippen LogP contribution in [0.2, 0.25) is 0 Å². The molecule has 120 valence electrons. The van der Waals surface area contributed by atoms with E-state index >= 15 is 0 Å². The Morgan fingerprint density at radius 1 is 0.913 bits per heavy atom. The molecule has 2 aromatic carbocycles. The van der Waals surface area contributed by atoms with Crippen LogP contribution in [-0.4, -0.2) is 44.2 Å². The number of hydrogen-bond acceptors (Lipinski definition) is 1. The van der Waals surface area contributed by atoms with Crippen LogP contribution >= 0.6 is 0 Å². The van der Waals surface area contributed by atoms with E-state index < -0.39 is 0 Å². The Morgan fingerprint density at radius 2 is 1.57 bits per heavy atom. The molecule has 2 aromatic rings. The van der Waals surface area contributed by atoms with E-state index in [1.807, 2.05) is 0 Å². The summed E-state index contributed by atoms with van der Waals surface area (Å²) in [5, 5.41) is 0. The van der Waals surface area contributed by atoms with Crippen molar-refractivity contribution in [2.75, 3.05) is 33.2 Å². The lowest BCUT2D eigenvalue weighted by molar-refractivity contribution is 0.146. The molecule has 0 radical (unpaired) electrons. The molecule has 2 aliphatic rings. The molecular weight excluding hydrogens is 280 g/mol. The van der Waals surface area contributed by atoms with Crippen LogP contribution < -0.4 is 4.48 Å². The minimum atomic E-state index is 0.770. The van der Waals surface area contributed by atoms with E-state index in [-0.39, 0.29) is 0 Å². The molecule has 1 aliphatic heterocycles. The summed E-state index contributed by atoms with van der Waals surface area (Å²) in [7, 11) is 2.40. The van der Waals surface area contributed by atoms with Crippen molar-refractivity contribution in [2.45, 2.75) is 25.3 Å². The molecule has 0 amide bonds. The van der Waals surface area contributed by atoms with Crippen LogP contribution in [0.3, 0.4) is 0 Å². The molecule has 2 heteroatoms. The van der Waals surface area contributed by atoms with Crippen LogP contribution in [-0.2, 0) is 0 Å². The van der Waals surface area contributed by atoms with Gasteiger partial charge in [-0.05, 0) is 25.0 Å². The van der Waals surface area contributed by atoms with Crippen LogP contribution in [0.15, 0.2) is 54.6 Å². The lowest BCUT2D eigenvalue weighted by atomic mass is 10.1. The Labute approximate surface area is 139 Å². The van der Waals surface area contributed by atoms with Crippen LogP contribution in [0.25, 0.3) is 0 Å². The highest BCUT2D eigenvalue weighted by atomic mass is 15.4. The SMILES string of the molecule is Cc1ccccc1[N+]1(C)CCN([C@@H]2C[C@H]2c2ccccc2)CC1. The molecule has 0 aromatic heterocycles. The second kappa shape index (κ2) is 5.77. The van der Waals surface area contributed by atoms with Gasteiger partial charge in [0.25, 0.3) is 0 Å². The minimum Gasteiger partial charge on any atom is -0.291 e. The summed E-state index contributed by atoms with van der Waals surface area (Å²) in [5.41, 5.74) is 4.46. The number of likely N-dealkylation sites (N-methyl/N-ethyl adjacent to an activating group) is 1. The van der Waals surface area contributed by atoms with Gasteiger partial charge in [0.15, 0.2) is 0 Å². The van der Waals surface area contributed by atoms with E-state index in [9.17, 15) is 0 Å². The molecule has 2 nitrogen and oxygen atoms in total. The first kappa shape index (κ1) is 14.9. The van der Waals surface area contributed by atoms with Crippen molar-refractivity contribution in [3.05, 3.63) is 65.7 Å². The predicted molar refractivity (Wildman–Crippen MR) is 97.8 cm³/mol. The summed E-state index contributed by atoms with van der Waals surface area (Å²) in [6, 6.07) is 20.7. The zero-order valence-electron chi connectivity index (χ0n) is 14.3. The lowest BCUT2D eigenvalue weighted by Crippen LogP contribution is -2.59. The standard InChI is InChI=1S/C21H27N2/c1-17-8-6-7-11-21(17)23(2)14-12-22(13-15-23)20-16-19(20)18-9-4-3-5-10-18/h3-11,19-20H,12-16H2,1-2H3/q+1/t19-,20+/m0/s1. The van der Waals surface area contributed by atoms with Gasteiger partial charge >= 0.3 is 0 Å². The van der Waals surface area contributed by atoms with Gasteiger partial charge in [0.1, 0.15) is 5.69 Å². The van der Waals surface area contributed by atoms with E-state index in [2.05, 4.69) is 73.5 Å². The number of nitrogens with zero attached hydrogens (tertiary/aromatic N) is 2. The molecule has 0 unspecified atom stereocenters. The average Bonchev–Trinajstić information content (AvgIpc) is 3.37. The topological polar surface area (TPSA) is 3.24 Å². The largest absolute Gasteiger partial charge is 0.291 e. The van der Waals surface area contributed by atoms with Crippen molar-refractivity contribution in [3.8, 4) is 0 Å². The van der Waals surface area contributed by atoms with Gasteiger partial charge in [0.05, 0.1) is 20.1 Å². The lowest BCUT2D eigenvalue weighted by Gasteiger charge is -2.42. The number of para-hydroxylation sites is 1. The number of piperazine rings is 1. The molecule has 0 spiro atoms. The monoisotopic (exact) mass is 307 g/mol. The van der Waals surface area contributed by atoms with Crippen molar-refractivity contribution in [1.82, 2.24) is 9.38 Å². The van der Waals surface area contributed by atoms with E-state index in [0.717, 1.165) is 16.4 Å². The summed E-state index contributed by atoms with van der Waals surface area (Å²) in [5.74, 6) is 0.770. The maximum atomic E-state index is 2.73. The van der Waals surface area contributed by atoms with Gasteiger partial charge in [0.2, 0.25) is 0 Å². The number of aryl methyl sites for hydroxylation is 1. The number of rotatable bonds is 3. The third-order valence-electron chi connectivity index (χ3n) is 5.91. The molecule has 4 rings (SSSR count). The number of hydrogen-bond donors (Lipinski definition) is 0. The molecule has 23 heavy (non-hydrogen) atoms. The van der Waals surface area contributed by atoms with Gasteiger partial charge in [-0.1, -0.05) is 48.5 Å². The molecule has 2 atom stereocenters. The van der Waals surface area contributed by atoms with E-state index in [4.69, 9.17) is 0 Å². The van der Waals surface area contributed by atoms with Gasteiger partial charge in [0, 0.05) is 30.6 Å². The Balaban J connectivity index is 1.41. The molecule has 1 saturated heterocycles. The highest BCUT2D eigenvalue weighted by Crippen LogP contribution is 2.45. The molecule has 1 aliphatic carbocycles. The fourth-order valence-corrected chi connectivity index (χ4v) is 4.31. The molecule has 1 heterocycles. The third kappa shape index (κ3) is 2.82. The van der Waals surface area contributed by atoms with Gasteiger partial charge in [-0.2, -0.15) is 0 Å². The fourth-order valence-electron chi connectivity index (χ4n) is 4.31. The molecular formula is C21H27N2+. The van der Waals surface area contributed by atoms with Crippen LogP contribution in [0, 0.1) is 6.92 Å². The summed E-state index contributed by atoms with van der Waals surface area (Å²) < 4.78 is 1.09. The second-order valence-corrected chi connectivity index (χ2v) is 7.49. The maximum absolute atomic E-state index is 2.73. The van der Waals surface area contributed by atoms with Crippen molar-refractivity contribution in [3.63, 3.8) is 0 Å². The number of quaternary nitrogens is 1. The van der Waals surface area contributed by atoms with E-state index in [1.165, 1.54) is 49.4 Å². The van der Waals surface area contributed by atoms with Crippen LogP contribution in [0.4, 0.5) is 5.69 Å². The minimum absolute atomic E-state index is 0.770. The highest BCUT2D eigenvalue weighted by Gasteiger charge is 2.45. The fraction of sp³-hybridized carbons (Fsp3) is 0.429. The quantitative estimate of drug-likeness (QED) is 0.780. The first-order valence-corrected chi connectivity index (χ1v) is 8.87. The van der Waals surface area contributed by atoms with Crippen LogP contribution in [0.1, 0.15) is 23.5 Å². The highest BCUT2D eigenvalue weighted by molar-refractivity contribution is 5.49. The van der Waals surface area contributed by atoms with Crippen molar-refractivity contribution in [1.29, 1.82) is 0 Å². The Bertz CT molecular complexity index is 671. The second-order valence-electron chi connectivity index (χ2n) is 7.49. The zero-order valence-corrected chi connectivity index (χ0v) is 14.3. The summed E-state index contributed by atoms with van der Waals surface area (Å²) in [6.07, 6.45) is 1.35. The van der Waals surface area contributed by atoms with Gasteiger partial charge < -0.3 is 0 Å². The Morgan fingerprint density at radius 3 is 2.26 bits per heavy atom. The van der Waals surface area contributed by atoms with E-state index in [0.29, 0.717) is 0 Å². The van der Waals surface area contributed by atoms with Gasteiger partial charge in [-0.25, -0.2) is 0 Å². The summed E-state index contributed by atoms with van der Waals surface area (Å²) in [6.45, 7) is 7.14. The summed E-state index contributed by atoms with van der Waals surface area (Å²) >= 11 is 0. The van der Waals surface area contributed by atoms with Crippen molar-refractivity contribution < 1.29 is 0 Å². The first-order chi connectivity index (χ1) is 11.2. The maximum Gasteiger partial charge on any atom is 0.135 e. The zero-order chi connectivity index (χ0) is 15.9. The first-order valence-electron chi connectivity index (χ1n) is 8.87. The number of benzene rings is 2. The molecule has 1 saturated carbocycles. The molecule has 0 bridgehead atoms. The van der Waals surface area contributed by atoms with E-state index in [1.54, 1.807) is 0 Å². The average molecular weight is 307 g/mol. The Kier molecular flexibility index (Phi) is 3.74. The van der Waals surface area contributed by atoms with Gasteiger partial charge in [-0.15, -0.1) is 0 Å².